The van der Waals surface area contributed by atoms with E-state index in [0.29, 0.717) is 4.99 Å². The molecule has 92 valence electrons. The molecule has 0 amide bonds. The van der Waals surface area contributed by atoms with Gasteiger partial charge in [-0.25, -0.2) is 0 Å². The van der Waals surface area contributed by atoms with E-state index in [1.807, 2.05) is 49.4 Å². The Hall–Kier alpha value is -1.39. The van der Waals surface area contributed by atoms with Crippen molar-refractivity contribution in [2.75, 3.05) is 5.32 Å². The third-order valence-electron chi connectivity index (χ3n) is 2.63. The largest absolute Gasteiger partial charge is 0.389 e. The summed E-state index contributed by atoms with van der Waals surface area (Å²) in [6, 6.07) is 13.9. The molecule has 0 aliphatic rings. The molecule has 0 atom stereocenters. The summed E-state index contributed by atoms with van der Waals surface area (Å²) in [5.74, 6) is 0. The SMILES string of the molecule is Cc1cccc(C(N)=S)c1Nc1cccc(Br)c1. The van der Waals surface area contributed by atoms with E-state index in [1.165, 1.54) is 0 Å². The molecule has 0 aliphatic heterocycles. The molecule has 2 nitrogen and oxygen atoms in total. The van der Waals surface area contributed by atoms with Crippen LogP contribution in [0.5, 0.6) is 0 Å². The zero-order chi connectivity index (χ0) is 13.1. The molecule has 2 aromatic rings. The van der Waals surface area contributed by atoms with E-state index in [0.717, 1.165) is 27.0 Å². The van der Waals surface area contributed by atoms with E-state index in [2.05, 4.69) is 21.2 Å². The molecule has 0 bridgehead atoms. The minimum Gasteiger partial charge on any atom is -0.389 e. The van der Waals surface area contributed by atoms with Gasteiger partial charge in [0.15, 0.2) is 0 Å². The van der Waals surface area contributed by atoms with Crippen molar-refractivity contribution in [3.63, 3.8) is 0 Å². The molecule has 0 saturated carbocycles. The Labute approximate surface area is 120 Å². The van der Waals surface area contributed by atoms with Gasteiger partial charge in [-0.15, -0.1) is 0 Å². The summed E-state index contributed by atoms with van der Waals surface area (Å²) < 4.78 is 1.03. The Morgan fingerprint density at radius 2 is 1.94 bits per heavy atom. The summed E-state index contributed by atoms with van der Waals surface area (Å²) in [7, 11) is 0. The first-order chi connectivity index (χ1) is 8.58. The molecular formula is C14H13BrN2S. The van der Waals surface area contributed by atoms with Crippen molar-refractivity contribution in [2.24, 2.45) is 5.73 Å². The first-order valence-corrected chi connectivity index (χ1v) is 6.70. The summed E-state index contributed by atoms with van der Waals surface area (Å²) in [4.78, 5) is 0.399. The van der Waals surface area contributed by atoms with Gasteiger partial charge >= 0.3 is 0 Å². The number of thiocarbonyl (C=S) groups is 1. The highest BCUT2D eigenvalue weighted by molar-refractivity contribution is 9.10. The van der Waals surface area contributed by atoms with Gasteiger partial charge in [0.05, 0.1) is 5.69 Å². The topological polar surface area (TPSA) is 38.0 Å². The van der Waals surface area contributed by atoms with E-state index in [4.69, 9.17) is 18.0 Å². The number of aryl methyl sites for hydroxylation is 1. The maximum Gasteiger partial charge on any atom is 0.106 e. The van der Waals surface area contributed by atoms with Crippen LogP contribution >= 0.6 is 28.1 Å². The third kappa shape index (κ3) is 2.89. The van der Waals surface area contributed by atoms with Crippen LogP contribution in [0.1, 0.15) is 11.1 Å². The minimum absolute atomic E-state index is 0.399. The summed E-state index contributed by atoms with van der Waals surface area (Å²) in [6.07, 6.45) is 0. The molecule has 0 saturated heterocycles. The fraction of sp³-hybridized carbons (Fsp3) is 0.0714. The maximum atomic E-state index is 5.75. The van der Waals surface area contributed by atoms with Crippen molar-refractivity contribution >= 4 is 44.5 Å². The van der Waals surface area contributed by atoms with Crippen molar-refractivity contribution in [1.29, 1.82) is 0 Å². The summed E-state index contributed by atoms with van der Waals surface area (Å²) in [5, 5.41) is 3.37. The smallest absolute Gasteiger partial charge is 0.106 e. The average Bonchev–Trinajstić information content (AvgIpc) is 2.31. The summed E-state index contributed by atoms with van der Waals surface area (Å²) >= 11 is 8.53. The molecule has 0 aromatic heterocycles. The van der Waals surface area contributed by atoms with Gasteiger partial charge in [0.1, 0.15) is 4.99 Å². The minimum atomic E-state index is 0.399. The van der Waals surface area contributed by atoms with Crippen molar-refractivity contribution in [3.8, 4) is 0 Å². The molecule has 0 radical (unpaired) electrons. The molecule has 0 unspecified atom stereocenters. The second-order valence-electron chi connectivity index (χ2n) is 4.00. The lowest BCUT2D eigenvalue weighted by Gasteiger charge is -2.14. The van der Waals surface area contributed by atoms with Crippen LogP contribution in [0.4, 0.5) is 11.4 Å². The Morgan fingerprint density at radius 3 is 2.61 bits per heavy atom. The number of para-hydroxylation sites is 1. The lowest BCUT2D eigenvalue weighted by atomic mass is 10.1. The van der Waals surface area contributed by atoms with Crippen LogP contribution in [0.15, 0.2) is 46.9 Å². The standard InChI is InChI=1S/C14H13BrN2S/c1-9-4-2-7-12(14(16)18)13(9)17-11-6-3-5-10(15)8-11/h2-8,17H,1H3,(H2,16,18). The Balaban J connectivity index is 2.42. The number of benzene rings is 2. The van der Waals surface area contributed by atoms with Crippen LogP contribution in [-0.2, 0) is 0 Å². The molecular weight excluding hydrogens is 308 g/mol. The molecule has 3 N–H and O–H groups in total. The molecule has 18 heavy (non-hydrogen) atoms. The first-order valence-electron chi connectivity index (χ1n) is 5.50. The van der Waals surface area contributed by atoms with Crippen molar-refractivity contribution in [2.45, 2.75) is 6.92 Å². The fourth-order valence-electron chi connectivity index (χ4n) is 1.75. The third-order valence-corrected chi connectivity index (χ3v) is 3.35. The number of halogens is 1. The molecule has 0 spiro atoms. The quantitative estimate of drug-likeness (QED) is 0.835. The van der Waals surface area contributed by atoms with E-state index < -0.39 is 0 Å². The number of nitrogens with two attached hydrogens (primary N) is 1. The summed E-state index contributed by atoms with van der Waals surface area (Å²) in [6.45, 7) is 2.03. The normalized spacial score (nSPS) is 10.1. The van der Waals surface area contributed by atoms with Gasteiger partial charge in [0.25, 0.3) is 0 Å². The lowest BCUT2D eigenvalue weighted by Crippen LogP contribution is -2.12. The fourth-order valence-corrected chi connectivity index (χ4v) is 2.32. The number of hydrogen-bond donors (Lipinski definition) is 2. The predicted octanol–water partition coefficient (Wildman–Crippen LogP) is 4.14. The zero-order valence-corrected chi connectivity index (χ0v) is 12.3. The molecule has 0 fully saturated rings. The van der Waals surface area contributed by atoms with Gasteiger partial charge in [-0.05, 0) is 36.8 Å². The van der Waals surface area contributed by atoms with E-state index in [1.54, 1.807) is 0 Å². The van der Waals surface area contributed by atoms with Gasteiger partial charge in [0, 0.05) is 15.7 Å². The van der Waals surface area contributed by atoms with Crippen molar-refractivity contribution in [3.05, 3.63) is 58.1 Å². The molecule has 2 aromatic carbocycles. The van der Waals surface area contributed by atoms with E-state index >= 15 is 0 Å². The second-order valence-corrected chi connectivity index (χ2v) is 5.35. The second kappa shape index (κ2) is 5.50. The highest BCUT2D eigenvalue weighted by atomic mass is 79.9. The van der Waals surface area contributed by atoms with Crippen LogP contribution in [0.25, 0.3) is 0 Å². The van der Waals surface area contributed by atoms with Crippen LogP contribution < -0.4 is 11.1 Å². The van der Waals surface area contributed by atoms with Crippen LogP contribution in [0.3, 0.4) is 0 Å². The number of anilines is 2. The van der Waals surface area contributed by atoms with Gasteiger partial charge in [-0.1, -0.05) is 46.3 Å². The summed E-state index contributed by atoms with van der Waals surface area (Å²) in [5.41, 5.74) is 9.68. The van der Waals surface area contributed by atoms with Crippen molar-refractivity contribution in [1.82, 2.24) is 0 Å². The highest BCUT2D eigenvalue weighted by Gasteiger charge is 2.08. The van der Waals surface area contributed by atoms with E-state index in [9.17, 15) is 0 Å². The van der Waals surface area contributed by atoms with Gasteiger partial charge in [-0.2, -0.15) is 0 Å². The Bertz CT molecular complexity index is 596. The lowest BCUT2D eigenvalue weighted by molar-refractivity contribution is 1.41. The monoisotopic (exact) mass is 320 g/mol. The highest BCUT2D eigenvalue weighted by Crippen LogP contribution is 2.26. The van der Waals surface area contributed by atoms with Gasteiger partial charge < -0.3 is 11.1 Å². The van der Waals surface area contributed by atoms with Gasteiger partial charge in [0.2, 0.25) is 0 Å². The van der Waals surface area contributed by atoms with Crippen LogP contribution in [0.2, 0.25) is 0 Å². The number of hydrogen-bond acceptors (Lipinski definition) is 2. The van der Waals surface area contributed by atoms with Crippen molar-refractivity contribution < 1.29 is 0 Å². The Morgan fingerprint density at radius 1 is 1.22 bits per heavy atom. The van der Waals surface area contributed by atoms with Crippen LogP contribution in [0, 0.1) is 6.92 Å². The molecule has 4 heteroatoms. The number of nitrogens with one attached hydrogen (secondary N) is 1. The Kier molecular flexibility index (Phi) is 3.99. The maximum absolute atomic E-state index is 5.75. The van der Waals surface area contributed by atoms with Crippen LogP contribution in [-0.4, -0.2) is 4.99 Å². The first kappa shape index (κ1) is 13.1. The zero-order valence-electron chi connectivity index (χ0n) is 9.91. The van der Waals surface area contributed by atoms with Gasteiger partial charge in [-0.3, -0.25) is 0 Å². The molecule has 2 rings (SSSR count). The predicted molar refractivity (Wildman–Crippen MR) is 84.5 cm³/mol. The van der Waals surface area contributed by atoms with E-state index in [-0.39, 0.29) is 0 Å². The molecule has 0 heterocycles. The average molecular weight is 321 g/mol. The molecule has 0 aliphatic carbocycles. The number of rotatable bonds is 3.